The Kier molecular flexibility index (Phi) is 2.21. The minimum atomic E-state index is 0.282. The maximum absolute atomic E-state index is 5.93. The van der Waals surface area contributed by atoms with Crippen LogP contribution in [0.2, 0.25) is 0 Å². The number of anilines is 1. The molecule has 0 aliphatic carbocycles. The van der Waals surface area contributed by atoms with E-state index in [1.807, 2.05) is 6.92 Å². The molecule has 2 atom stereocenters. The van der Waals surface area contributed by atoms with Crippen LogP contribution in [-0.2, 0) is 0 Å². The van der Waals surface area contributed by atoms with Crippen LogP contribution in [0.15, 0.2) is 0 Å². The van der Waals surface area contributed by atoms with Crippen LogP contribution in [0.5, 0.6) is 0 Å². The summed E-state index contributed by atoms with van der Waals surface area (Å²) in [4.78, 5) is 2.22. The van der Waals surface area contributed by atoms with Crippen molar-refractivity contribution in [2.75, 3.05) is 18.0 Å². The number of nitrogens with two attached hydrogens (primary N) is 1. The molecule has 13 heavy (non-hydrogen) atoms. The van der Waals surface area contributed by atoms with Crippen molar-refractivity contribution < 1.29 is 0 Å². The van der Waals surface area contributed by atoms with Crippen LogP contribution in [0.3, 0.4) is 0 Å². The van der Waals surface area contributed by atoms with E-state index in [9.17, 15) is 0 Å². The molecular formula is C8H14N4S. The lowest BCUT2D eigenvalue weighted by molar-refractivity contribution is 0.566. The topological polar surface area (TPSA) is 55.0 Å². The third-order valence-electron chi connectivity index (χ3n) is 2.46. The smallest absolute Gasteiger partial charge is 0.208 e. The summed E-state index contributed by atoms with van der Waals surface area (Å²) in [6.45, 7) is 6.07. The van der Waals surface area contributed by atoms with Crippen molar-refractivity contribution in [1.29, 1.82) is 0 Å². The molecule has 1 aromatic heterocycles. The van der Waals surface area contributed by atoms with Crippen LogP contribution < -0.4 is 10.6 Å². The Bertz CT molecular complexity index is 288. The number of hydrogen-bond acceptors (Lipinski definition) is 5. The van der Waals surface area contributed by atoms with Gasteiger partial charge in [0.2, 0.25) is 5.13 Å². The van der Waals surface area contributed by atoms with E-state index in [1.165, 1.54) is 0 Å². The van der Waals surface area contributed by atoms with E-state index in [0.29, 0.717) is 5.92 Å². The van der Waals surface area contributed by atoms with Gasteiger partial charge in [-0.1, -0.05) is 18.3 Å². The molecule has 0 saturated carbocycles. The summed E-state index contributed by atoms with van der Waals surface area (Å²) in [6.07, 6.45) is 0. The first-order chi connectivity index (χ1) is 6.16. The fourth-order valence-electron chi connectivity index (χ4n) is 1.56. The second-order valence-electron chi connectivity index (χ2n) is 3.65. The zero-order valence-electron chi connectivity index (χ0n) is 7.90. The van der Waals surface area contributed by atoms with Gasteiger partial charge in [-0.2, -0.15) is 0 Å². The first-order valence-electron chi connectivity index (χ1n) is 4.47. The molecule has 72 valence electrons. The van der Waals surface area contributed by atoms with E-state index in [1.54, 1.807) is 11.3 Å². The average Bonchev–Trinajstić information content (AvgIpc) is 2.61. The van der Waals surface area contributed by atoms with Gasteiger partial charge in [-0.3, -0.25) is 0 Å². The van der Waals surface area contributed by atoms with E-state index in [-0.39, 0.29) is 6.04 Å². The van der Waals surface area contributed by atoms with Gasteiger partial charge in [0.25, 0.3) is 0 Å². The molecule has 0 spiro atoms. The molecule has 0 amide bonds. The summed E-state index contributed by atoms with van der Waals surface area (Å²) < 4.78 is 0. The Morgan fingerprint density at radius 2 is 2.23 bits per heavy atom. The molecular weight excluding hydrogens is 184 g/mol. The predicted octanol–water partition coefficient (Wildman–Crippen LogP) is 0.630. The fourth-order valence-corrected chi connectivity index (χ4v) is 2.27. The first kappa shape index (κ1) is 8.90. The molecule has 1 aromatic rings. The Labute approximate surface area is 81.8 Å². The highest BCUT2D eigenvalue weighted by Gasteiger charge is 2.28. The van der Waals surface area contributed by atoms with Gasteiger partial charge in [0, 0.05) is 19.1 Å². The lowest BCUT2D eigenvalue weighted by Gasteiger charge is -2.12. The number of aryl methyl sites for hydroxylation is 1. The largest absolute Gasteiger partial charge is 0.345 e. The van der Waals surface area contributed by atoms with Crippen molar-refractivity contribution in [3.63, 3.8) is 0 Å². The summed E-state index contributed by atoms with van der Waals surface area (Å²) in [5.74, 6) is 0.559. The van der Waals surface area contributed by atoms with Crippen LogP contribution in [0.4, 0.5) is 5.13 Å². The number of hydrogen-bond donors (Lipinski definition) is 1. The quantitative estimate of drug-likeness (QED) is 0.719. The lowest BCUT2D eigenvalue weighted by atomic mass is 10.1. The van der Waals surface area contributed by atoms with Gasteiger partial charge in [-0.05, 0) is 12.8 Å². The molecule has 4 nitrogen and oxygen atoms in total. The SMILES string of the molecule is Cc1nnc(N2CC(C)C(N)C2)s1. The van der Waals surface area contributed by atoms with Gasteiger partial charge in [0.05, 0.1) is 0 Å². The minimum absolute atomic E-state index is 0.282. The molecule has 0 bridgehead atoms. The van der Waals surface area contributed by atoms with Crippen molar-refractivity contribution in [3.8, 4) is 0 Å². The Morgan fingerprint density at radius 1 is 1.46 bits per heavy atom. The first-order valence-corrected chi connectivity index (χ1v) is 5.29. The van der Waals surface area contributed by atoms with E-state index >= 15 is 0 Å². The molecule has 0 aromatic carbocycles. The second-order valence-corrected chi connectivity index (χ2v) is 4.81. The Hall–Kier alpha value is -0.680. The van der Waals surface area contributed by atoms with E-state index in [4.69, 9.17) is 5.73 Å². The molecule has 2 unspecified atom stereocenters. The molecule has 2 N–H and O–H groups in total. The van der Waals surface area contributed by atoms with E-state index in [0.717, 1.165) is 23.2 Å². The molecule has 5 heteroatoms. The average molecular weight is 198 g/mol. The van der Waals surface area contributed by atoms with E-state index in [2.05, 4.69) is 22.0 Å². The van der Waals surface area contributed by atoms with Gasteiger partial charge in [-0.15, -0.1) is 10.2 Å². The molecule has 2 heterocycles. The zero-order chi connectivity index (χ0) is 9.42. The third-order valence-corrected chi connectivity index (χ3v) is 3.36. The van der Waals surface area contributed by atoms with Crippen molar-refractivity contribution in [2.24, 2.45) is 11.7 Å². The molecule has 1 fully saturated rings. The Balaban J connectivity index is 2.11. The maximum atomic E-state index is 5.93. The van der Waals surface area contributed by atoms with Gasteiger partial charge >= 0.3 is 0 Å². The van der Waals surface area contributed by atoms with Gasteiger partial charge < -0.3 is 10.6 Å². The van der Waals surface area contributed by atoms with Crippen molar-refractivity contribution in [1.82, 2.24) is 10.2 Å². The van der Waals surface area contributed by atoms with Crippen LogP contribution in [-0.4, -0.2) is 29.3 Å². The van der Waals surface area contributed by atoms with Crippen molar-refractivity contribution >= 4 is 16.5 Å². The molecule has 1 aliphatic heterocycles. The normalized spacial score (nSPS) is 28.4. The molecule has 0 radical (unpaired) electrons. The van der Waals surface area contributed by atoms with Crippen LogP contribution in [0.25, 0.3) is 0 Å². The molecule has 1 aliphatic rings. The van der Waals surface area contributed by atoms with Crippen LogP contribution >= 0.6 is 11.3 Å². The van der Waals surface area contributed by atoms with Crippen molar-refractivity contribution in [2.45, 2.75) is 19.9 Å². The summed E-state index contributed by atoms with van der Waals surface area (Å²) >= 11 is 1.64. The summed E-state index contributed by atoms with van der Waals surface area (Å²) in [5, 5.41) is 10.1. The van der Waals surface area contributed by atoms with Gasteiger partial charge in [0.15, 0.2) is 0 Å². The highest BCUT2D eigenvalue weighted by atomic mass is 32.1. The number of nitrogens with zero attached hydrogens (tertiary/aromatic N) is 3. The van der Waals surface area contributed by atoms with Crippen LogP contribution in [0.1, 0.15) is 11.9 Å². The number of aromatic nitrogens is 2. The van der Waals surface area contributed by atoms with E-state index < -0.39 is 0 Å². The molecule has 2 rings (SSSR count). The molecule has 1 saturated heterocycles. The Morgan fingerprint density at radius 3 is 2.69 bits per heavy atom. The predicted molar refractivity (Wildman–Crippen MR) is 54.0 cm³/mol. The van der Waals surface area contributed by atoms with Crippen LogP contribution in [0, 0.1) is 12.8 Å². The van der Waals surface area contributed by atoms with Gasteiger partial charge in [-0.25, -0.2) is 0 Å². The summed E-state index contributed by atoms with van der Waals surface area (Å²) in [6, 6.07) is 0.282. The summed E-state index contributed by atoms with van der Waals surface area (Å²) in [7, 11) is 0. The fraction of sp³-hybridized carbons (Fsp3) is 0.750. The highest BCUT2D eigenvalue weighted by Crippen LogP contribution is 2.25. The lowest BCUT2D eigenvalue weighted by Crippen LogP contribution is -2.28. The second kappa shape index (κ2) is 3.23. The maximum Gasteiger partial charge on any atom is 0.208 e. The monoisotopic (exact) mass is 198 g/mol. The highest BCUT2D eigenvalue weighted by molar-refractivity contribution is 7.15. The van der Waals surface area contributed by atoms with Crippen molar-refractivity contribution in [3.05, 3.63) is 5.01 Å². The standard InChI is InChI=1S/C8H14N4S/c1-5-3-12(4-7(5)9)8-11-10-6(2)13-8/h5,7H,3-4,9H2,1-2H3. The third kappa shape index (κ3) is 1.66. The summed E-state index contributed by atoms with van der Waals surface area (Å²) in [5.41, 5.74) is 5.93. The zero-order valence-corrected chi connectivity index (χ0v) is 8.71. The minimum Gasteiger partial charge on any atom is -0.345 e. The number of rotatable bonds is 1. The van der Waals surface area contributed by atoms with Gasteiger partial charge in [0.1, 0.15) is 5.01 Å².